The molecule has 0 saturated carbocycles. The van der Waals surface area contributed by atoms with Crippen molar-refractivity contribution in [2.24, 2.45) is 0 Å². The van der Waals surface area contributed by atoms with Gasteiger partial charge in [-0.3, -0.25) is 9.69 Å². The highest BCUT2D eigenvalue weighted by molar-refractivity contribution is 7.14. The highest BCUT2D eigenvalue weighted by Gasteiger charge is 2.16. The van der Waals surface area contributed by atoms with Crippen molar-refractivity contribution < 1.29 is 4.79 Å². The van der Waals surface area contributed by atoms with Crippen molar-refractivity contribution in [2.75, 3.05) is 19.6 Å². The van der Waals surface area contributed by atoms with Gasteiger partial charge in [0.25, 0.3) is 0 Å². The average Bonchev–Trinajstić information content (AvgIpc) is 3.26. The third-order valence-electron chi connectivity index (χ3n) is 4.39. The first-order valence-corrected chi connectivity index (χ1v) is 9.30. The summed E-state index contributed by atoms with van der Waals surface area (Å²) in [6.45, 7) is 4.52. The Morgan fingerprint density at radius 1 is 1.12 bits per heavy atom. The summed E-state index contributed by atoms with van der Waals surface area (Å²) in [4.78, 5) is 14.5. The first-order chi connectivity index (χ1) is 12.2. The molecule has 1 aliphatic rings. The van der Waals surface area contributed by atoms with Gasteiger partial charge >= 0.3 is 0 Å². The number of nitrogens with zero attached hydrogens (tertiary/aromatic N) is 5. The number of rotatable bonds is 5. The monoisotopic (exact) mass is 353 g/mol. The molecule has 0 N–H and O–H groups in total. The van der Waals surface area contributed by atoms with Gasteiger partial charge in [0.1, 0.15) is 10.0 Å². The van der Waals surface area contributed by atoms with Gasteiger partial charge in [0.15, 0.2) is 5.78 Å². The molecule has 1 saturated heterocycles. The smallest absolute Gasteiger partial charge is 0.152 e. The van der Waals surface area contributed by atoms with E-state index in [4.69, 9.17) is 0 Å². The van der Waals surface area contributed by atoms with Crippen LogP contribution in [-0.4, -0.2) is 50.7 Å². The van der Waals surface area contributed by atoms with Crippen LogP contribution in [0.4, 0.5) is 0 Å². The molecule has 0 aliphatic carbocycles. The Bertz CT molecular complexity index is 917. The second kappa shape index (κ2) is 6.93. The number of carbonyl (C=O) groups excluding carboxylic acids is 1. The fourth-order valence-electron chi connectivity index (χ4n) is 3.17. The Morgan fingerprint density at radius 2 is 1.96 bits per heavy atom. The van der Waals surface area contributed by atoms with Gasteiger partial charge in [-0.15, -0.1) is 10.2 Å². The van der Waals surface area contributed by atoms with Crippen molar-refractivity contribution in [1.29, 1.82) is 0 Å². The summed E-state index contributed by atoms with van der Waals surface area (Å²) in [5.41, 5.74) is 2.56. The summed E-state index contributed by atoms with van der Waals surface area (Å²) in [5, 5.41) is 19.5. The van der Waals surface area contributed by atoms with Gasteiger partial charge in [0.2, 0.25) is 0 Å². The molecule has 1 aromatic carbocycles. The number of likely N-dealkylation sites (tertiary alicyclic amines) is 1. The highest BCUT2D eigenvalue weighted by atomic mass is 32.1. The molecule has 1 aliphatic heterocycles. The van der Waals surface area contributed by atoms with Gasteiger partial charge in [-0.05, 0) is 57.1 Å². The second-order valence-electron chi connectivity index (χ2n) is 6.43. The molecule has 6 nitrogen and oxygen atoms in total. The van der Waals surface area contributed by atoms with Gasteiger partial charge in [0, 0.05) is 10.9 Å². The summed E-state index contributed by atoms with van der Waals surface area (Å²) in [7, 11) is 0. The number of aromatic nitrogens is 4. The van der Waals surface area contributed by atoms with Crippen LogP contribution in [0.2, 0.25) is 0 Å². The van der Waals surface area contributed by atoms with E-state index in [-0.39, 0.29) is 5.78 Å². The minimum atomic E-state index is 0.200. The van der Waals surface area contributed by atoms with Crippen LogP contribution in [0.5, 0.6) is 0 Å². The van der Waals surface area contributed by atoms with E-state index in [0.717, 1.165) is 45.3 Å². The van der Waals surface area contributed by atoms with E-state index in [1.54, 1.807) is 11.3 Å². The molecule has 3 heterocycles. The summed E-state index contributed by atoms with van der Waals surface area (Å²) in [6, 6.07) is 7.92. The lowest BCUT2D eigenvalue weighted by Crippen LogP contribution is -2.28. The van der Waals surface area contributed by atoms with Crippen LogP contribution in [0.15, 0.2) is 24.3 Å². The fraction of sp³-hybridized carbons (Fsp3) is 0.389. The van der Waals surface area contributed by atoms with Crippen molar-refractivity contribution in [3.63, 3.8) is 0 Å². The number of carbonyl (C=O) groups is 1. The van der Waals surface area contributed by atoms with Crippen molar-refractivity contribution >= 4 is 28.0 Å². The number of ketones is 1. The molecular weight excluding hydrogens is 334 g/mol. The van der Waals surface area contributed by atoms with Crippen molar-refractivity contribution in [2.45, 2.75) is 26.2 Å². The Morgan fingerprint density at radius 3 is 2.72 bits per heavy atom. The standard InChI is InChI=1S/C18H19N5OS/c1-12-19-22-18(25-12)13-4-5-17-14(8-13)9-15(20-21-17)10-16(24)11-23-6-2-3-7-23/h4-5,8-9H,2-3,6-7,10-11H2,1H3. The Kier molecular flexibility index (Phi) is 4.50. The molecule has 0 amide bonds. The Hall–Kier alpha value is -2.25. The third-order valence-corrected chi connectivity index (χ3v) is 5.27. The first kappa shape index (κ1) is 16.2. The summed E-state index contributed by atoms with van der Waals surface area (Å²) in [6.07, 6.45) is 2.72. The van der Waals surface area contributed by atoms with Crippen LogP contribution >= 0.6 is 11.3 Å². The zero-order valence-electron chi connectivity index (χ0n) is 14.1. The third kappa shape index (κ3) is 3.72. The fourth-order valence-corrected chi connectivity index (χ4v) is 3.86. The maximum Gasteiger partial charge on any atom is 0.152 e. The van der Waals surface area contributed by atoms with E-state index in [0.29, 0.717) is 13.0 Å². The SMILES string of the molecule is Cc1nnc(-c2ccc3nnc(CC(=O)CN4CCCC4)cc3c2)s1. The van der Waals surface area contributed by atoms with Crippen LogP contribution in [0.25, 0.3) is 21.5 Å². The van der Waals surface area contributed by atoms with Crippen molar-refractivity contribution in [3.05, 3.63) is 35.0 Å². The Balaban J connectivity index is 1.54. The topological polar surface area (TPSA) is 71.9 Å². The van der Waals surface area contributed by atoms with Crippen LogP contribution in [0, 0.1) is 6.92 Å². The number of benzene rings is 1. The molecule has 3 aromatic rings. The lowest BCUT2D eigenvalue weighted by molar-refractivity contribution is -0.119. The van der Waals surface area contributed by atoms with E-state index in [2.05, 4.69) is 25.3 Å². The number of fused-ring (bicyclic) bond motifs is 1. The summed E-state index contributed by atoms with van der Waals surface area (Å²) in [5.74, 6) is 0.200. The van der Waals surface area contributed by atoms with Crippen molar-refractivity contribution in [3.8, 4) is 10.6 Å². The first-order valence-electron chi connectivity index (χ1n) is 8.48. The van der Waals surface area contributed by atoms with Gasteiger partial charge < -0.3 is 0 Å². The van der Waals surface area contributed by atoms with Gasteiger partial charge in [-0.25, -0.2) is 0 Å². The van der Waals surface area contributed by atoms with E-state index >= 15 is 0 Å². The number of hydrogen-bond donors (Lipinski definition) is 0. The molecule has 25 heavy (non-hydrogen) atoms. The largest absolute Gasteiger partial charge is 0.298 e. The molecule has 0 spiro atoms. The lowest BCUT2D eigenvalue weighted by Gasteiger charge is -2.12. The molecule has 0 unspecified atom stereocenters. The van der Waals surface area contributed by atoms with Crippen LogP contribution in [-0.2, 0) is 11.2 Å². The van der Waals surface area contributed by atoms with E-state index in [1.807, 2.05) is 31.2 Å². The minimum absolute atomic E-state index is 0.200. The summed E-state index contributed by atoms with van der Waals surface area (Å²) >= 11 is 1.56. The van der Waals surface area contributed by atoms with Gasteiger partial charge in [-0.2, -0.15) is 10.2 Å². The molecule has 0 bridgehead atoms. The maximum atomic E-state index is 12.3. The van der Waals surface area contributed by atoms with E-state index in [1.165, 1.54) is 12.8 Å². The molecule has 128 valence electrons. The molecule has 2 aromatic heterocycles. The maximum absolute atomic E-state index is 12.3. The number of aryl methyl sites for hydroxylation is 1. The summed E-state index contributed by atoms with van der Waals surface area (Å²) < 4.78 is 0. The van der Waals surface area contributed by atoms with Gasteiger partial charge in [-0.1, -0.05) is 11.3 Å². The Labute approximate surface area is 149 Å². The van der Waals surface area contributed by atoms with Crippen molar-refractivity contribution in [1.82, 2.24) is 25.3 Å². The molecule has 0 atom stereocenters. The predicted octanol–water partition coefficient (Wildman–Crippen LogP) is 2.66. The zero-order chi connectivity index (χ0) is 17.2. The molecule has 7 heteroatoms. The van der Waals surface area contributed by atoms with E-state index in [9.17, 15) is 4.79 Å². The molecule has 1 fully saturated rings. The molecule has 4 rings (SSSR count). The van der Waals surface area contributed by atoms with E-state index < -0.39 is 0 Å². The zero-order valence-corrected chi connectivity index (χ0v) is 14.9. The second-order valence-corrected chi connectivity index (χ2v) is 7.62. The quantitative estimate of drug-likeness (QED) is 0.702. The molecule has 0 radical (unpaired) electrons. The predicted molar refractivity (Wildman–Crippen MR) is 97.6 cm³/mol. The minimum Gasteiger partial charge on any atom is -0.298 e. The highest BCUT2D eigenvalue weighted by Crippen LogP contribution is 2.26. The normalized spacial score (nSPS) is 15.1. The van der Waals surface area contributed by atoms with Crippen LogP contribution < -0.4 is 0 Å². The average molecular weight is 353 g/mol. The van der Waals surface area contributed by atoms with Crippen LogP contribution in [0.1, 0.15) is 23.5 Å². The number of Topliss-reactive ketones (excluding diaryl/α,β-unsaturated/α-hetero) is 1. The molecular formula is C18H19N5OS. The lowest BCUT2D eigenvalue weighted by atomic mass is 10.1. The van der Waals surface area contributed by atoms with Crippen LogP contribution in [0.3, 0.4) is 0 Å². The van der Waals surface area contributed by atoms with Gasteiger partial charge in [0.05, 0.1) is 24.2 Å². The number of hydrogen-bond acceptors (Lipinski definition) is 7.